The first-order valence-corrected chi connectivity index (χ1v) is 11.7. The molecule has 0 amide bonds. The van der Waals surface area contributed by atoms with E-state index in [9.17, 15) is 8.78 Å². The Morgan fingerprint density at radius 2 is 1.79 bits per heavy atom. The standard InChI is InChI=1S/C19H30F2O2Si/c1-19(2,3)24(4,5)22-13-16-12-15(14-8-6-7-9-14)10-11-17(16)23-18(20)21/h10-12,14,18H,6-9,13H2,1-5H3. The summed E-state index contributed by atoms with van der Waals surface area (Å²) in [5.41, 5.74) is 1.97. The second kappa shape index (κ2) is 7.52. The molecule has 2 nitrogen and oxygen atoms in total. The second-order valence-corrected chi connectivity index (χ2v) is 13.1. The maximum atomic E-state index is 12.7. The van der Waals surface area contributed by atoms with Crippen LogP contribution in [0, 0.1) is 0 Å². The summed E-state index contributed by atoms with van der Waals surface area (Å²) in [7, 11) is -1.94. The first-order valence-electron chi connectivity index (χ1n) is 8.82. The molecule has 0 aromatic heterocycles. The van der Waals surface area contributed by atoms with Gasteiger partial charge in [0.25, 0.3) is 0 Å². The Bertz CT molecular complexity index is 547. The molecule has 0 saturated heterocycles. The number of hydrogen-bond donors (Lipinski definition) is 0. The summed E-state index contributed by atoms with van der Waals surface area (Å²) in [6.07, 6.45) is 4.85. The Labute approximate surface area is 145 Å². The first kappa shape index (κ1) is 19.4. The molecule has 5 heteroatoms. The minimum atomic E-state index is -2.81. The van der Waals surface area contributed by atoms with Crippen LogP contribution in [0.4, 0.5) is 8.78 Å². The van der Waals surface area contributed by atoms with E-state index in [1.807, 2.05) is 12.1 Å². The summed E-state index contributed by atoms with van der Waals surface area (Å²) in [6, 6.07) is 5.63. The largest absolute Gasteiger partial charge is 0.434 e. The van der Waals surface area contributed by atoms with Crippen molar-refractivity contribution in [1.82, 2.24) is 0 Å². The van der Waals surface area contributed by atoms with Crippen molar-refractivity contribution in [3.05, 3.63) is 29.3 Å². The smallest absolute Gasteiger partial charge is 0.387 e. The van der Waals surface area contributed by atoms with E-state index in [-0.39, 0.29) is 10.8 Å². The Hall–Kier alpha value is -0.943. The minimum absolute atomic E-state index is 0.0831. The van der Waals surface area contributed by atoms with E-state index in [1.54, 1.807) is 6.07 Å². The number of ether oxygens (including phenoxy) is 1. The number of hydrogen-bond acceptors (Lipinski definition) is 2. The molecular weight excluding hydrogens is 326 g/mol. The fourth-order valence-corrected chi connectivity index (χ4v) is 3.86. The number of halogens is 2. The maximum Gasteiger partial charge on any atom is 0.387 e. The third-order valence-electron chi connectivity index (χ3n) is 5.52. The van der Waals surface area contributed by atoms with Gasteiger partial charge in [-0.2, -0.15) is 8.78 Å². The van der Waals surface area contributed by atoms with Crippen LogP contribution in [0.5, 0.6) is 5.75 Å². The molecule has 0 radical (unpaired) electrons. The van der Waals surface area contributed by atoms with Crippen LogP contribution >= 0.6 is 0 Å². The van der Waals surface area contributed by atoms with E-state index in [0.717, 1.165) is 5.56 Å². The van der Waals surface area contributed by atoms with Crippen LogP contribution in [0.1, 0.15) is 63.5 Å². The van der Waals surface area contributed by atoms with E-state index in [1.165, 1.54) is 31.2 Å². The van der Waals surface area contributed by atoms with E-state index in [4.69, 9.17) is 9.16 Å². The van der Waals surface area contributed by atoms with Crippen molar-refractivity contribution >= 4 is 8.32 Å². The van der Waals surface area contributed by atoms with Crippen molar-refractivity contribution in [2.45, 2.75) is 83.7 Å². The number of benzene rings is 1. The summed E-state index contributed by atoms with van der Waals surface area (Å²) in [5.74, 6) is 0.780. The zero-order chi connectivity index (χ0) is 18.0. The van der Waals surface area contributed by atoms with Gasteiger partial charge in [-0.25, -0.2) is 0 Å². The molecule has 1 aliphatic rings. The van der Waals surface area contributed by atoms with Crippen molar-refractivity contribution < 1.29 is 17.9 Å². The highest BCUT2D eigenvalue weighted by Crippen LogP contribution is 2.39. The molecule has 1 aliphatic carbocycles. The lowest BCUT2D eigenvalue weighted by Gasteiger charge is -2.36. The molecule has 0 unspecified atom stereocenters. The highest BCUT2D eigenvalue weighted by Gasteiger charge is 2.37. The third kappa shape index (κ3) is 4.79. The van der Waals surface area contributed by atoms with Crippen LogP contribution in [-0.2, 0) is 11.0 Å². The van der Waals surface area contributed by atoms with Crippen LogP contribution in [0.25, 0.3) is 0 Å². The van der Waals surface area contributed by atoms with Crippen molar-refractivity contribution in [3.63, 3.8) is 0 Å². The molecule has 2 rings (SSSR count). The summed E-state index contributed by atoms with van der Waals surface area (Å²) in [6.45, 7) is 8.37. The second-order valence-electron chi connectivity index (χ2n) is 8.28. The fourth-order valence-electron chi connectivity index (χ4n) is 2.91. The zero-order valence-electron chi connectivity index (χ0n) is 15.5. The molecule has 0 heterocycles. The van der Waals surface area contributed by atoms with Crippen molar-refractivity contribution in [2.75, 3.05) is 0 Å². The lowest BCUT2D eigenvalue weighted by molar-refractivity contribution is -0.0509. The quantitative estimate of drug-likeness (QED) is 0.544. The lowest BCUT2D eigenvalue weighted by Crippen LogP contribution is -2.40. The van der Waals surface area contributed by atoms with Crippen molar-refractivity contribution in [3.8, 4) is 5.75 Å². The Morgan fingerprint density at radius 1 is 1.17 bits per heavy atom. The molecule has 0 aliphatic heterocycles. The van der Waals surface area contributed by atoms with Crippen LogP contribution < -0.4 is 4.74 Å². The van der Waals surface area contributed by atoms with Crippen LogP contribution in [0.3, 0.4) is 0 Å². The number of rotatable bonds is 6. The fraction of sp³-hybridized carbons (Fsp3) is 0.684. The minimum Gasteiger partial charge on any atom is -0.434 e. The van der Waals surface area contributed by atoms with Gasteiger partial charge in [0.2, 0.25) is 0 Å². The molecular formula is C19H30F2O2Si. The molecule has 0 bridgehead atoms. The molecule has 1 aromatic carbocycles. The highest BCUT2D eigenvalue weighted by molar-refractivity contribution is 6.74. The molecule has 1 saturated carbocycles. The molecule has 0 N–H and O–H groups in total. The highest BCUT2D eigenvalue weighted by atomic mass is 28.4. The maximum absolute atomic E-state index is 12.7. The normalized spacial score (nSPS) is 16.8. The SMILES string of the molecule is CC(C)(C)[Si](C)(C)OCc1cc(C2CCCC2)ccc1OC(F)F. The Balaban J connectivity index is 2.21. The Morgan fingerprint density at radius 3 is 2.33 bits per heavy atom. The van der Waals surface area contributed by atoms with Gasteiger partial charge in [-0.15, -0.1) is 0 Å². The zero-order valence-corrected chi connectivity index (χ0v) is 16.5. The average molecular weight is 357 g/mol. The van der Waals surface area contributed by atoms with Gasteiger partial charge >= 0.3 is 6.61 Å². The summed E-state index contributed by atoms with van der Waals surface area (Å²) >= 11 is 0. The van der Waals surface area contributed by atoms with Gasteiger partial charge in [-0.1, -0.05) is 39.7 Å². The molecule has 24 heavy (non-hydrogen) atoms. The summed E-state index contributed by atoms with van der Waals surface area (Å²) in [5, 5.41) is 0.0831. The predicted molar refractivity (Wildman–Crippen MR) is 96.3 cm³/mol. The van der Waals surface area contributed by atoms with Crippen LogP contribution in [0.2, 0.25) is 18.1 Å². The van der Waals surface area contributed by atoms with Gasteiger partial charge < -0.3 is 9.16 Å². The van der Waals surface area contributed by atoms with Crippen molar-refractivity contribution in [1.29, 1.82) is 0 Å². The molecule has 0 spiro atoms. The Kier molecular flexibility index (Phi) is 6.08. The first-order chi connectivity index (χ1) is 11.1. The van der Waals surface area contributed by atoms with Gasteiger partial charge in [0.15, 0.2) is 8.32 Å². The van der Waals surface area contributed by atoms with Crippen LogP contribution in [0.15, 0.2) is 18.2 Å². The predicted octanol–water partition coefficient (Wildman–Crippen LogP) is 6.47. The van der Waals surface area contributed by atoms with E-state index >= 15 is 0 Å². The molecule has 1 fully saturated rings. The summed E-state index contributed by atoms with van der Waals surface area (Å²) < 4.78 is 36.4. The lowest BCUT2D eigenvalue weighted by atomic mass is 9.96. The van der Waals surface area contributed by atoms with Gasteiger partial charge in [-0.05, 0) is 54.6 Å². The van der Waals surface area contributed by atoms with Gasteiger partial charge in [0.1, 0.15) is 5.75 Å². The molecule has 0 atom stereocenters. The molecule has 136 valence electrons. The van der Waals surface area contributed by atoms with Gasteiger partial charge in [0, 0.05) is 5.56 Å². The van der Waals surface area contributed by atoms with E-state index in [2.05, 4.69) is 33.9 Å². The van der Waals surface area contributed by atoms with E-state index < -0.39 is 14.9 Å². The van der Waals surface area contributed by atoms with Gasteiger partial charge in [0.05, 0.1) is 6.61 Å². The van der Waals surface area contributed by atoms with E-state index in [0.29, 0.717) is 12.5 Å². The molecule has 1 aromatic rings. The number of alkyl halides is 2. The van der Waals surface area contributed by atoms with Gasteiger partial charge in [-0.3, -0.25) is 0 Å². The van der Waals surface area contributed by atoms with Crippen LogP contribution in [-0.4, -0.2) is 14.9 Å². The summed E-state index contributed by atoms with van der Waals surface area (Å²) in [4.78, 5) is 0. The van der Waals surface area contributed by atoms with Crippen molar-refractivity contribution in [2.24, 2.45) is 0 Å². The average Bonchev–Trinajstić information content (AvgIpc) is 2.98. The monoisotopic (exact) mass is 356 g/mol. The topological polar surface area (TPSA) is 18.5 Å². The third-order valence-corrected chi connectivity index (χ3v) is 10.0.